The van der Waals surface area contributed by atoms with Crippen LogP contribution in [-0.2, 0) is 16.1 Å². The van der Waals surface area contributed by atoms with E-state index in [9.17, 15) is 14.4 Å². The molecule has 2 heterocycles. The summed E-state index contributed by atoms with van der Waals surface area (Å²) in [6.45, 7) is 3.80. The van der Waals surface area contributed by atoms with Gasteiger partial charge in [0.15, 0.2) is 0 Å². The van der Waals surface area contributed by atoms with Gasteiger partial charge >= 0.3 is 4.87 Å². The number of likely N-dealkylation sites (tertiary alicyclic amines) is 1. The normalized spacial score (nSPS) is 14.6. The zero-order valence-electron chi connectivity index (χ0n) is 11.6. The molecule has 1 aromatic rings. The average molecular weight is 297 g/mol. The number of rotatable bonds is 5. The van der Waals surface area contributed by atoms with Crippen molar-refractivity contribution in [2.24, 2.45) is 0 Å². The number of thiazole rings is 1. The van der Waals surface area contributed by atoms with Gasteiger partial charge in [-0.25, -0.2) is 0 Å². The second-order valence-corrected chi connectivity index (χ2v) is 5.74. The fraction of sp³-hybridized carbons (Fsp3) is 0.615. The lowest BCUT2D eigenvalue weighted by molar-refractivity contribution is -0.130. The SMILES string of the molecule is Cc1csc(=O)n1CC(=O)NCCC(=O)N1CCCC1. The van der Waals surface area contributed by atoms with E-state index in [1.165, 1.54) is 4.57 Å². The number of carbonyl (C=O) groups is 2. The molecule has 2 rings (SSSR count). The molecule has 1 fully saturated rings. The molecule has 1 saturated heterocycles. The van der Waals surface area contributed by atoms with Crippen LogP contribution in [0, 0.1) is 6.92 Å². The fourth-order valence-corrected chi connectivity index (χ4v) is 2.96. The number of carbonyl (C=O) groups excluding carboxylic acids is 2. The van der Waals surface area contributed by atoms with Crippen LogP contribution in [0.2, 0.25) is 0 Å². The molecule has 0 atom stereocenters. The second-order valence-electron chi connectivity index (χ2n) is 4.92. The molecular formula is C13H19N3O3S. The van der Waals surface area contributed by atoms with Gasteiger partial charge in [-0.15, -0.1) is 0 Å². The maximum absolute atomic E-state index is 11.8. The maximum Gasteiger partial charge on any atom is 0.307 e. The van der Waals surface area contributed by atoms with Gasteiger partial charge in [-0.1, -0.05) is 11.3 Å². The Balaban J connectivity index is 1.73. The Kier molecular flexibility index (Phi) is 4.94. The molecule has 1 aliphatic heterocycles. The van der Waals surface area contributed by atoms with Crippen LogP contribution >= 0.6 is 11.3 Å². The second kappa shape index (κ2) is 6.69. The summed E-state index contributed by atoms with van der Waals surface area (Å²) in [4.78, 5) is 36.7. The molecule has 1 N–H and O–H groups in total. The fourth-order valence-electron chi connectivity index (χ4n) is 2.23. The van der Waals surface area contributed by atoms with Crippen LogP contribution in [0.3, 0.4) is 0 Å². The van der Waals surface area contributed by atoms with Crippen molar-refractivity contribution in [1.29, 1.82) is 0 Å². The van der Waals surface area contributed by atoms with E-state index in [0.717, 1.165) is 43.0 Å². The topological polar surface area (TPSA) is 71.4 Å². The lowest BCUT2D eigenvalue weighted by Gasteiger charge is -2.15. The van der Waals surface area contributed by atoms with Crippen molar-refractivity contribution in [2.75, 3.05) is 19.6 Å². The first kappa shape index (κ1) is 14.8. The minimum absolute atomic E-state index is 0.0199. The van der Waals surface area contributed by atoms with Crippen molar-refractivity contribution in [3.8, 4) is 0 Å². The molecule has 0 bridgehead atoms. The van der Waals surface area contributed by atoms with Crippen LogP contribution < -0.4 is 10.2 Å². The molecule has 2 amide bonds. The molecular weight excluding hydrogens is 278 g/mol. The standard InChI is InChI=1S/C13H19N3O3S/c1-10-9-20-13(19)16(10)8-11(17)14-5-4-12(18)15-6-2-3-7-15/h9H,2-8H2,1H3,(H,14,17). The average Bonchev–Trinajstić information content (AvgIpc) is 3.04. The van der Waals surface area contributed by atoms with Gasteiger partial charge in [0, 0.05) is 37.1 Å². The highest BCUT2D eigenvalue weighted by atomic mass is 32.1. The van der Waals surface area contributed by atoms with E-state index in [0.29, 0.717) is 13.0 Å². The van der Waals surface area contributed by atoms with Crippen LogP contribution in [0.5, 0.6) is 0 Å². The summed E-state index contributed by atoms with van der Waals surface area (Å²) in [5, 5.41) is 4.42. The minimum atomic E-state index is -0.233. The predicted molar refractivity (Wildman–Crippen MR) is 76.8 cm³/mol. The molecule has 6 nitrogen and oxygen atoms in total. The van der Waals surface area contributed by atoms with Gasteiger partial charge in [0.2, 0.25) is 11.8 Å². The lowest BCUT2D eigenvalue weighted by atomic mass is 10.3. The first-order valence-electron chi connectivity index (χ1n) is 6.77. The largest absolute Gasteiger partial charge is 0.354 e. The molecule has 0 radical (unpaired) electrons. The quantitative estimate of drug-likeness (QED) is 0.852. The smallest absolute Gasteiger partial charge is 0.307 e. The van der Waals surface area contributed by atoms with Crippen LogP contribution in [0.25, 0.3) is 0 Å². The summed E-state index contributed by atoms with van der Waals surface area (Å²) < 4.78 is 1.43. The van der Waals surface area contributed by atoms with Crippen molar-refractivity contribution >= 4 is 23.2 Å². The molecule has 20 heavy (non-hydrogen) atoms. The van der Waals surface area contributed by atoms with Gasteiger partial charge < -0.3 is 10.2 Å². The van der Waals surface area contributed by atoms with Gasteiger partial charge in [-0.05, 0) is 19.8 Å². The molecule has 0 saturated carbocycles. The summed E-state index contributed by atoms with van der Waals surface area (Å²) >= 11 is 1.09. The third-order valence-electron chi connectivity index (χ3n) is 3.40. The van der Waals surface area contributed by atoms with Crippen molar-refractivity contribution in [3.05, 3.63) is 20.7 Å². The number of nitrogens with zero attached hydrogens (tertiary/aromatic N) is 2. The highest BCUT2D eigenvalue weighted by Gasteiger charge is 2.17. The van der Waals surface area contributed by atoms with Crippen LogP contribution in [0.4, 0.5) is 0 Å². The third-order valence-corrected chi connectivity index (χ3v) is 4.28. The minimum Gasteiger partial charge on any atom is -0.354 e. The summed E-state index contributed by atoms with van der Waals surface area (Å²) in [7, 11) is 0. The van der Waals surface area contributed by atoms with E-state index < -0.39 is 0 Å². The van der Waals surface area contributed by atoms with Gasteiger partial charge in [-0.2, -0.15) is 0 Å². The summed E-state index contributed by atoms with van der Waals surface area (Å²) in [5.41, 5.74) is 0.781. The van der Waals surface area contributed by atoms with E-state index in [4.69, 9.17) is 0 Å². The molecule has 1 aromatic heterocycles. The number of aromatic nitrogens is 1. The molecule has 0 aliphatic carbocycles. The zero-order valence-corrected chi connectivity index (χ0v) is 12.4. The van der Waals surface area contributed by atoms with Gasteiger partial charge in [0.05, 0.1) is 0 Å². The van der Waals surface area contributed by atoms with E-state index in [-0.39, 0.29) is 23.2 Å². The van der Waals surface area contributed by atoms with Crippen molar-refractivity contribution < 1.29 is 9.59 Å². The van der Waals surface area contributed by atoms with E-state index in [1.54, 1.807) is 12.3 Å². The lowest BCUT2D eigenvalue weighted by Crippen LogP contribution is -2.35. The van der Waals surface area contributed by atoms with Crippen LogP contribution in [-0.4, -0.2) is 40.9 Å². The molecule has 110 valence electrons. The Hall–Kier alpha value is -1.63. The molecule has 1 aliphatic rings. The van der Waals surface area contributed by atoms with E-state index >= 15 is 0 Å². The Morgan fingerprint density at radius 3 is 2.65 bits per heavy atom. The van der Waals surface area contributed by atoms with Gasteiger partial charge in [0.25, 0.3) is 0 Å². The van der Waals surface area contributed by atoms with Crippen molar-refractivity contribution in [3.63, 3.8) is 0 Å². The first-order valence-corrected chi connectivity index (χ1v) is 7.65. The predicted octanol–water partition coefficient (Wildman–Crippen LogP) is 0.347. The monoisotopic (exact) mass is 297 g/mol. The number of amides is 2. The number of hydrogen-bond acceptors (Lipinski definition) is 4. The van der Waals surface area contributed by atoms with Crippen LogP contribution in [0.15, 0.2) is 10.2 Å². The summed E-state index contributed by atoms with van der Waals surface area (Å²) in [5.74, 6) is -0.144. The summed E-state index contributed by atoms with van der Waals surface area (Å²) in [6.07, 6.45) is 2.46. The molecule has 0 unspecified atom stereocenters. The van der Waals surface area contributed by atoms with Gasteiger partial charge in [-0.3, -0.25) is 19.0 Å². The Morgan fingerprint density at radius 1 is 1.35 bits per heavy atom. The molecule has 0 spiro atoms. The first-order chi connectivity index (χ1) is 9.58. The Morgan fingerprint density at radius 2 is 2.05 bits per heavy atom. The number of hydrogen-bond donors (Lipinski definition) is 1. The van der Waals surface area contributed by atoms with Crippen molar-refractivity contribution in [1.82, 2.24) is 14.8 Å². The van der Waals surface area contributed by atoms with Crippen molar-refractivity contribution in [2.45, 2.75) is 32.7 Å². The molecule has 7 heteroatoms. The van der Waals surface area contributed by atoms with E-state index in [1.807, 2.05) is 4.90 Å². The number of aryl methyl sites for hydroxylation is 1. The zero-order chi connectivity index (χ0) is 14.5. The Labute approximate surface area is 121 Å². The van der Waals surface area contributed by atoms with E-state index in [2.05, 4.69) is 5.32 Å². The Bertz CT molecular complexity index is 543. The number of nitrogens with one attached hydrogen (secondary N) is 1. The van der Waals surface area contributed by atoms with Crippen LogP contribution in [0.1, 0.15) is 25.0 Å². The van der Waals surface area contributed by atoms with Gasteiger partial charge in [0.1, 0.15) is 6.54 Å². The highest BCUT2D eigenvalue weighted by Crippen LogP contribution is 2.08. The molecule has 0 aromatic carbocycles. The summed E-state index contributed by atoms with van der Waals surface area (Å²) in [6, 6.07) is 0. The highest BCUT2D eigenvalue weighted by molar-refractivity contribution is 7.07. The third kappa shape index (κ3) is 3.69. The maximum atomic E-state index is 11.8.